The van der Waals surface area contributed by atoms with Crippen molar-refractivity contribution in [2.45, 2.75) is 37.5 Å². The van der Waals surface area contributed by atoms with Gasteiger partial charge in [-0.15, -0.1) is 0 Å². The number of fused-ring (bicyclic) bond motifs is 1. The third-order valence-corrected chi connectivity index (χ3v) is 7.00. The molecule has 0 saturated heterocycles. The number of alkyl halides is 3. The third-order valence-electron chi connectivity index (χ3n) is 5.50. The van der Waals surface area contributed by atoms with E-state index in [0.29, 0.717) is 13.0 Å². The maximum atomic E-state index is 13.4. The van der Waals surface area contributed by atoms with E-state index < -0.39 is 30.5 Å². The molecule has 10 heteroatoms. The zero-order valence-corrected chi connectivity index (χ0v) is 22.6. The van der Waals surface area contributed by atoms with E-state index in [2.05, 4.69) is 62.0 Å². The first kappa shape index (κ1) is 27.3. The number of ether oxygens (including phenoxy) is 2. The first-order chi connectivity index (χ1) is 15.4. The molecule has 3 atom stereocenters. The number of aliphatic hydroxyl groups excluding tert-OH is 1. The Morgan fingerprint density at radius 1 is 1.50 bits per heavy atom. The number of hydrogen-bond acceptors (Lipinski definition) is 5. The minimum atomic E-state index is -1.37. The van der Waals surface area contributed by atoms with Crippen LogP contribution in [-0.2, 0) is 15.9 Å². The lowest BCUT2D eigenvalue weighted by atomic mass is 10.0. The summed E-state index contributed by atoms with van der Waals surface area (Å²) in [6.07, 6.45) is 0.364. The number of amides is 1. The summed E-state index contributed by atoms with van der Waals surface area (Å²) in [5, 5.41) is 13.2. The SMILES string of the molecule is C=CC(CC)(CF)OC(=O)NC1c2cc(N=C(CI)N(CI)CCOC)ccc2C[C@H]1O. The fraction of sp³-hybridized carbons (Fsp3) is 0.545. The molecule has 7 nitrogen and oxygen atoms in total. The molecule has 0 fully saturated rings. The van der Waals surface area contributed by atoms with Gasteiger partial charge in [-0.05, 0) is 35.8 Å². The van der Waals surface area contributed by atoms with E-state index in [0.717, 1.165) is 38.2 Å². The van der Waals surface area contributed by atoms with Gasteiger partial charge in [0.15, 0.2) is 5.60 Å². The molecule has 0 bridgehead atoms. The summed E-state index contributed by atoms with van der Waals surface area (Å²) in [6, 6.07) is 5.04. The molecule has 2 unspecified atom stereocenters. The highest BCUT2D eigenvalue weighted by Gasteiger charge is 2.35. The topological polar surface area (TPSA) is 83.4 Å². The van der Waals surface area contributed by atoms with Crippen LogP contribution in [0, 0.1) is 0 Å². The van der Waals surface area contributed by atoms with Crippen LogP contribution in [0.15, 0.2) is 35.8 Å². The van der Waals surface area contributed by atoms with Gasteiger partial charge in [0.25, 0.3) is 0 Å². The zero-order chi connectivity index (χ0) is 23.7. The number of methoxy groups -OCH3 is 1. The monoisotopic (exact) mass is 673 g/mol. The Morgan fingerprint density at radius 3 is 2.81 bits per heavy atom. The third kappa shape index (κ3) is 6.76. The molecule has 32 heavy (non-hydrogen) atoms. The van der Waals surface area contributed by atoms with Gasteiger partial charge in [0.1, 0.15) is 12.5 Å². The quantitative estimate of drug-likeness (QED) is 0.0905. The van der Waals surface area contributed by atoms with Gasteiger partial charge in [0, 0.05) is 20.1 Å². The van der Waals surface area contributed by atoms with E-state index in [1.165, 1.54) is 6.08 Å². The van der Waals surface area contributed by atoms with Crippen LogP contribution in [0.2, 0.25) is 0 Å². The Kier molecular flexibility index (Phi) is 11.1. The number of nitrogens with one attached hydrogen (secondary N) is 1. The molecule has 178 valence electrons. The minimum absolute atomic E-state index is 0.262. The summed E-state index contributed by atoms with van der Waals surface area (Å²) >= 11 is 4.58. The standard InChI is InChI=1S/C22H30FI2N3O4/c1-4-22(5-2,13-23)32-21(30)27-20-17-11-16(7-6-15(17)10-18(20)29)26-19(12-24)28(14-25)8-9-31-3/h4,6-7,11,18,20,29H,1,5,8-10,12-14H2,2-3H3,(H,27,30)/t18-,20?,22?/m1/s1. The Labute approximate surface area is 216 Å². The van der Waals surface area contributed by atoms with Crippen molar-refractivity contribution in [3.63, 3.8) is 0 Å². The van der Waals surface area contributed by atoms with E-state index in [1.54, 1.807) is 14.0 Å². The van der Waals surface area contributed by atoms with Gasteiger partial charge in [-0.1, -0.05) is 64.8 Å². The number of aliphatic hydroxyl groups is 1. The smallest absolute Gasteiger partial charge is 0.408 e. The van der Waals surface area contributed by atoms with Crippen LogP contribution in [0.1, 0.15) is 30.5 Å². The summed E-state index contributed by atoms with van der Waals surface area (Å²) in [5.41, 5.74) is 1.07. The lowest BCUT2D eigenvalue weighted by Crippen LogP contribution is -2.42. The molecular weight excluding hydrogens is 643 g/mol. The van der Waals surface area contributed by atoms with E-state index >= 15 is 0 Å². The molecule has 1 aliphatic carbocycles. The van der Waals surface area contributed by atoms with Crippen LogP contribution >= 0.6 is 45.2 Å². The normalized spacial score (nSPS) is 19.8. The Hall–Kier alpha value is -0.990. The van der Waals surface area contributed by atoms with Crippen LogP contribution in [0.3, 0.4) is 0 Å². The average molecular weight is 673 g/mol. The molecule has 2 N–H and O–H groups in total. The van der Waals surface area contributed by atoms with Gasteiger partial charge in [0.05, 0.1) is 33.4 Å². The van der Waals surface area contributed by atoms with Crippen molar-refractivity contribution in [3.05, 3.63) is 42.0 Å². The minimum Gasteiger partial charge on any atom is -0.436 e. The molecule has 0 spiro atoms. The number of aliphatic imine (C=N–C) groups is 1. The van der Waals surface area contributed by atoms with Crippen LogP contribution in [0.25, 0.3) is 0 Å². The summed E-state index contributed by atoms with van der Waals surface area (Å²) in [4.78, 5) is 19.4. The number of amidine groups is 1. The highest BCUT2D eigenvalue weighted by atomic mass is 127. The Bertz CT molecular complexity index is 820. The summed E-state index contributed by atoms with van der Waals surface area (Å²) in [6.45, 7) is 5.77. The van der Waals surface area contributed by atoms with Gasteiger partial charge in [0.2, 0.25) is 0 Å². The number of carbonyl (C=O) groups excluding carboxylic acids is 1. The van der Waals surface area contributed by atoms with Gasteiger partial charge in [-0.25, -0.2) is 14.2 Å². The molecular formula is C22H30FI2N3O4. The molecule has 0 aliphatic heterocycles. The Balaban J connectivity index is 2.25. The lowest BCUT2D eigenvalue weighted by molar-refractivity contribution is 0.0201. The fourth-order valence-corrected chi connectivity index (χ4v) is 4.81. The van der Waals surface area contributed by atoms with Crippen LogP contribution in [-0.4, -0.2) is 69.6 Å². The van der Waals surface area contributed by atoms with E-state index in [1.807, 2.05) is 18.2 Å². The number of rotatable bonds is 11. The molecule has 0 radical (unpaired) electrons. The van der Waals surface area contributed by atoms with E-state index in [-0.39, 0.29) is 6.42 Å². The molecule has 1 aromatic carbocycles. The maximum absolute atomic E-state index is 13.4. The van der Waals surface area contributed by atoms with Crippen LogP contribution in [0.5, 0.6) is 0 Å². The van der Waals surface area contributed by atoms with E-state index in [9.17, 15) is 14.3 Å². The van der Waals surface area contributed by atoms with Gasteiger partial charge < -0.3 is 24.8 Å². The van der Waals surface area contributed by atoms with Crippen molar-refractivity contribution in [2.75, 3.05) is 35.9 Å². The van der Waals surface area contributed by atoms with Crippen molar-refractivity contribution in [1.82, 2.24) is 10.2 Å². The van der Waals surface area contributed by atoms with Gasteiger partial charge >= 0.3 is 6.09 Å². The second kappa shape index (κ2) is 13.0. The van der Waals surface area contributed by atoms with Crippen molar-refractivity contribution in [2.24, 2.45) is 4.99 Å². The van der Waals surface area contributed by atoms with E-state index in [4.69, 9.17) is 14.5 Å². The summed E-state index contributed by atoms with van der Waals surface area (Å²) in [5.74, 6) is 0.918. The number of hydrogen-bond donors (Lipinski definition) is 2. The highest BCUT2D eigenvalue weighted by Crippen LogP contribution is 2.35. The van der Waals surface area contributed by atoms with Crippen molar-refractivity contribution in [3.8, 4) is 0 Å². The first-order valence-corrected chi connectivity index (χ1v) is 13.3. The van der Waals surface area contributed by atoms with Crippen molar-refractivity contribution in [1.29, 1.82) is 0 Å². The Morgan fingerprint density at radius 2 is 2.25 bits per heavy atom. The number of carbonyl (C=O) groups is 1. The summed E-state index contributed by atoms with van der Waals surface area (Å²) in [7, 11) is 1.67. The second-order valence-electron chi connectivity index (χ2n) is 7.46. The molecule has 0 heterocycles. The van der Waals surface area contributed by atoms with Crippen molar-refractivity contribution < 1.29 is 23.8 Å². The number of halogens is 3. The first-order valence-electron chi connectivity index (χ1n) is 10.3. The molecule has 1 aromatic rings. The highest BCUT2D eigenvalue weighted by molar-refractivity contribution is 14.1. The molecule has 2 rings (SSSR count). The molecule has 1 aliphatic rings. The zero-order valence-electron chi connectivity index (χ0n) is 18.3. The van der Waals surface area contributed by atoms with Crippen molar-refractivity contribution >= 4 is 62.8 Å². The average Bonchev–Trinajstić information content (AvgIpc) is 3.11. The van der Waals surface area contributed by atoms with Gasteiger partial charge in [-0.2, -0.15) is 0 Å². The van der Waals surface area contributed by atoms with Crippen LogP contribution < -0.4 is 5.32 Å². The van der Waals surface area contributed by atoms with Crippen LogP contribution in [0.4, 0.5) is 14.9 Å². The number of alkyl carbamates (subject to hydrolysis) is 1. The number of nitrogens with zero attached hydrogens (tertiary/aromatic N) is 2. The largest absolute Gasteiger partial charge is 0.436 e. The number of benzene rings is 1. The second-order valence-corrected chi connectivity index (χ2v) is 8.90. The molecule has 0 aromatic heterocycles. The molecule has 1 amide bonds. The predicted molar refractivity (Wildman–Crippen MR) is 141 cm³/mol. The maximum Gasteiger partial charge on any atom is 0.408 e. The fourth-order valence-electron chi connectivity index (χ4n) is 3.42. The molecule has 0 saturated carbocycles. The lowest BCUT2D eigenvalue weighted by Gasteiger charge is -2.27. The summed E-state index contributed by atoms with van der Waals surface area (Å²) < 4.78 is 25.4. The van der Waals surface area contributed by atoms with Gasteiger partial charge in [-0.3, -0.25) is 0 Å². The predicted octanol–water partition coefficient (Wildman–Crippen LogP) is 4.48.